The van der Waals surface area contributed by atoms with Crippen molar-refractivity contribution in [3.05, 3.63) is 12.2 Å². The van der Waals surface area contributed by atoms with Gasteiger partial charge in [-0.25, -0.2) is 4.79 Å². The number of carbonyl (C=O) groups is 2. The molecule has 1 N–H and O–H groups in total. The Morgan fingerprint density at radius 1 is 1.50 bits per heavy atom. The number of hydrogen-bond donors (Lipinski definition) is 1. The maximum Gasteiger partial charge on any atom is 0.413 e. The number of hydrogen-bond acceptors (Lipinski definition) is 3. The smallest absolute Gasteiger partial charge is 0.413 e. The van der Waals surface area contributed by atoms with Crippen LogP contribution in [0.1, 0.15) is 6.92 Å². The molecule has 0 aliphatic heterocycles. The second-order valence-electron chi connectivity index (χ2n) is 1.48. The Bertz CT molecular complexity index is 162. The van der Waals surface area contributed by atoms with Crippen LogP contribution in [0.4, 0.5) is 4.79 Å². The summed E-state index contributed by atoms with van der Waals surface area (Å²) in [5.74, 6) is -0.477. The summed E-state index contributed by atoms with van der Waals surface area (Å²) in [6, 6.07) is 0. The van der Waals surface area contributed by atoms with Crippen LogP contribution < -0.4 is 5.32 Å². The lowest BCUT2D eigenvalue weighted by molar-refractivity contribution is -0.115. The van der Waals surface area contributed by atoms with E-state index >= 15 is 0 Å². The quantitative estimate of drug-likeness (QED) is 0.542. The highest BCUT2D eigenvalue weighted by atomic mass is 16.5. The SMILES string of the molecule is C/C=C/C(=O)NC(=O)OC. The lowest BCUT2D eigenvalue weighted by Gasteiger charge is -1.95. The summed E-state index contributed by atoms with van der Waals surface area (Å²) in [7, 11) is 1.19. The minimum Gasteiger partial charge on any atom is -0.453 e. The van der Waals surface area contributed by atoms with Crippen molar-refractivity contribution >= 4 is 12.0 Å². The van der Waals surface area contributed by atoms with Gasteiger partial charge < -0.3 is 4.74 Å². The standard InChI is InChI=1S/C6H9NO3/c1-3-4-5(8)7-6(9)10-2/h3-4H,1-2H3,(H,7,8,9)/b4-3+. The maximum atomic E-state index is 10.5. The summed E-state index contributed by atoms with van der Waals surface area (Å²) in [5.41, 5.74) is 0. The molecular weight excluding hydrogens is 134 g/mol. The minimum absolute atomic E-state index is 0.477. The van der Waals surface area contributed by atoms with Crippen LogP contribution in [-0.2, 0) is 9.53 Å². The van der Waals surface area contributed by atoms with Crippen molar-refractivity contribution in [2.24, 2.45) is 0 Å². The van der Waals surface area contributed by atoms with Crippen LogP contribution in [0, 0.1) is 0 Å². The summed E-state index contributed by atoms with van der Waals surface area (Å²) < 4.78 is 4.16. The summed E-state index contributed by atoms with van der Waals surface area (Å²) in [4.78, 5) is 20.8. The van der Waals surface area contributed by atoms with E-state index in [0.29, 0.717) is 0 Å². The molecule has 10 heavy (non-hydrogen) atoms. The van der Waals surface area contributed by atoms with Crippen molar-refractivity contribution in [2.75, 3.05) is 7.11 Å². The average molecular weight is 143 g/mol. The average Bonchev–Trinajstić information content (AvgIpc) is 1.88. The number of amides is 2. The van der Waals surface area contributed by atoms with Gasteiger partial charge in [-0.05, 0) is 13.0 Å². The van der Waals surface area contributed by atoms with Crippen LogP contribution >= 0.6 is 0 Å². The van der Waals surface area contributed by atoms with Crippen molar-refractivity contribution in [1.29, 1.82) is 0 Å². The first-order valence-electron chi connectivity index (χ1n) is 2.72. The Balaban J connectivity index is 3.68. The zero-order valence-electron chi connectivity index (χ0n) is 5.88. The molecular formula is C6H9NO3. The molecule has 0 saturated carbocycles. The molecule has 0 unspecified atom stereocenters. The number of allylic oxidation sites excluding steroid dienone is 1. The van der Waals surface area contributed by atoms with Gasteiger partial charge in [-0.2, -0.15) is 0 Å². The molecule has 0 aromatic heterocycles. The van der Waals surface area contributed by atoms with Crippen molar-refractivity contribution in [3.8, 4) is 0 Å². The fourth-order valence-corrected chi connectivity index (χ4v) is 0.345. The highest BCUT2D eigenvalue weighted by Gasteiger charge is 2.00. The van der Waals surface area contributed by atoms with E-state index in [1.54, 1.807) is 6.92 Å². The van der Waals surface area contributed by atoms with Gasteiger partial charge in [0.1, 0.15) is 0 Å². The van der Waals surface area contributed by atoms with Crippen molar-refractivity contribution in [1.82, 2.24) is 5.32 Å². The zero-order chi connectivity index (χ0) is 7.98. The predicted molar refractivity (Wildman–Crippen MR) is 35.4 cm³/mol. The van der Waals surface area contributed by atoms with Gasteiger partial charge in [0, 0.05) is 0 Å². The van der Waals surface area contributed by atoms with Crippen LogP contribution in [0.25, 0.3) is 0 Å². The first-order valence-corrected chi connectivity index (χ1v) is 2.72. The van der Waals surface area contributed by atoms with E-state index < -0.39 is 12.0 Å². The van der Waals surface area contributed by atoms with E-state index in [1.807, 2.05) is 5.32 Å². The molecule has 0 aromatic carbocycles. The molecule has 0 radical (unpaired) electrons. The van der Waals surface area contributed by atoms with Crippen molar-refractivity contribution in [3.63, 3.8) is 0 Å². The second kappa shape index (κ2) is 4.55. The first kappa shape index (κ1) is 8.68. The molecule has 0 atom stereocenters. The molecule has 0 aromatic rings. The zero-order valence-corrected chi connectivity index (χ0v) is 5.88. The Hall–Kier alpha value is -1.32. The third kappa shape index (κ3) is 3.65. The molecule has 0 spiro atoms. The highest BCUT2D eigenvalue weighted by Crippen LogP contribution is 1.74. The highest BCUT2D eigenvalue weighted by molar-refractivity contribution is 5.98. The van der Waals surface area contributed by atoms with Crippen LogP contribution in [-0.4, -0.2) is 19.1 Å². The van der Waals surface area contributed by atoms with E-state index in [4.69, 9.17) is 0 Å². The van der Waals surface area contributed by atoms with Gasteiger partial charge in [0.15, 0.2) is 0 Å². The number of imide groups is 1. The molecule has 0 rings (SSSR count). The third-order valence-electron chi connectivity index (χ3n) is 0.729. The molecule has 0 fully saturated rings. The fraction of sp³-hybridized carbons (Fsp3) is 0.333. The van der Waals surface area contributed by atoms with Gasteiger partial charge in [-0.15, -0.1) is 0 Å². The lowest BCUT2D eigenvalue weighted by atomic mass is 10.5. The lowest BCUT2D eigenvalue weighted by Crippen LogP contribution is -2.28. The van der Waals surface area contributed by atoms with Gasteiger partial charge in [0.05, 0.1) is 7.11 Å². The number of alkyl carbamates (subject to hydrolysis) is 1. The molecule has 2 amide bonds. The molecule has 0 bridgehead atoms. The third-order valence-corrected chi connectivity index (χ3v) is 0.729. The van der Waals surface area contributed by atoms with E-state index in [9.17, 15) is 9.59 Å². The van der Waals surface area contributed by atoms with E-state index in [-0.39, 0.29) is 0 Å². The molecule has 56 valence electrons. The van der Waals surface area contributed by atoms with Gasteiger partial charge >= 0.3 is 6.09 Å². The summed E-state index contributed by atoms with van der Waals surface area (Å²) >= 11 is 0. The van der Waals surface area contributed by atoms with Gasteiger partial charge in [0.2, 0.25) is 0 Å². The maximum absolute atomic E-state index is 10.5. The number of rotatable bonds is 1. The van der Waals surface area contributed by atoms with Crippen LogP contribution in [0.3, 0.4) is 0 Å². The summed E-state index contributed by atoms with van der Waals surface area (Å²) in [6.45, 7) is 1.68. The normalized spacial score (nSPS) is 9.40. The molecule has 0 aliphatic rings. The number of nitrogens with one attached hydrogen (secondary N) is 1. The molecule has 4 nitrogen and oxygen atoms in total. The van der Waals surface area contributed by atoms with E-state index in [1.165, 1.54) is 19.3 Å². The Kier molecular flexibility index (Phi) is 3.95. The van der Waals surface area contributed by atoms with Crippen LogP contribution in [0.5, 0.6) is 0 Å². The van der Waals surface area contributed by atoms with Gasteiger partial charge in [0.25, 0.3) is 5.91 Å². The Labute approximate surface area is 58.9 Å². The second-order valence-corrected chi connectivity index (χ2v) is 1.48. The summed E-state index contributed by atoms with van der Waals surface area (Å²) in [6.07, 6.45) is 2.01. The van der Waals surface area contributed by atoms with Crippen molar-refractivity contribution < 1.29 is 14.3 Å². The summed E-state index contributed by atoms with van der Waals surface area (Å²) in [5, 5.41) is 1.94. The fourth-order valence-electron chi connectivity index (χ4n) is 0.345. The Morgan fingerprint density at radius 2 is 2.10 bits per heavy atom. The van der Waals surface area contributed by atoms with Crippen LogP contribution in [0.2, 0.25) is 0 Å². The van der Waals surface area contributed by atoms with Crippen LogP contribution in [0.15, 0.2) is 12.2 Å². The van der Waals surface area contributed by atoms with E-state index in [0.717, 1.165) is 0 Å². The topological polar surface area (TPSA) is 55.4 Å². The van der Waals surface area contributed by atoms with Gasteiger partial charge in [-0.1, -0.05) is 6.08 Å². The number of methoxy groups -OCH3 is 1. The molecule has 0 aliphatic carbocycles. The minimum atomic E-state index is -0.747. The Morgan fingerprint density at radius 3 is 2.50 bits per heavy atom. The molecule has 4 heteroatoms. The number of carbonyl (C=O) groups excluding carboxylic acids is 2. The van der Waals surface area contributed by atoms with E-state index in [2.05, 4.69) is 4.74 Å². The van der Waals surface area contributed by atoms with Crippen molar-refractivity contribution in [2.45, 2.75) is 6.92 Å². The van der Waals surface area contributed by atoms with Gasteiger partial charge in [-0.3, -0.25) is 10.1 Å². The first-order chi connectivity index (χ1) is 4.70. The largest absolute Gasteiger partial charge is 0.453 e. The number of ether oxygens (including phenoxy) is 1. The monoisotopic (exact) mass is 143 g/mol. The molecule has 0 heterocycles. The molecule has 0 saturated heterocycles. The predicted octanol–water partition coefficient (Wildman–Crippen LogP) is 0.445.